The molecule has 0 radical (unpaired) electrons. The van der Waals surface area contributed by atoms with Gasteiger partial charge in [-0.3, -0.25) is 0 Å². The van der Waals surface area contributed by atoms with Gasteiger partial charge in [-0.15, -0.1) is 0 Å². The molecule has 2 atom stereocenters. The number of benzene rings is 2. The van der Waals surface area contributed by atoms with E-state index in [9.17, 15) is 0 Å². The van der Waals surface area contributed by atoms with Crippen LogP contribution in [0.4, 0.5) is 0 Å². The van der Waals surface area contributed by atoms with E-state index in [0.717, 1.165) is 19.6 Å². The lowest BCUT2D eigenvalue weighted by atomic mass is 9.98. The van der Waals surface area contributed by atoms with Crippen LogP contribution in [0.5, 0.6) is 0 Å². The van der Waals surface area contributed by atoms with E-state index in [1.54, 1.807) is 0 Å². The summed E-state index contributed by atoms with van der Waals surface area (Å²) in [6.07, 6.45) is 1.21. The maximum absolute atomic E-state index is 6.12. The molecule has 1 N–H and O–H groups in total. The van der Waals surface area contributed by atoms with Crippen LogP contribution in [0, 0.1) is 13.8 Å². The van der Waals surface area contributed by atoms with Gasteiger partial charge >= 0.3 is 0 Å². The van der Waals surface area contributed by atoms with E-state index in [1.807, 2.05) is 0 Å². The molecule has 1 saturated heterocycles. The second kappa shape index (κ2) is 6.42. The van der Waals surface area contributed by atoms with Crippen molar-refractivity contribution in [2.75, 3.05) is 13.2 Å². The summed E-state index contributed by atoms with van der Waals surface area (Å²) in [6, 6.07) is 17.6. The molecule has 0 saturated carbocycles. The second-order valence-corrected chi connectivity index (χ2v) is 5.98. The van der Waals surface area contributed by atoms with E-state index >= 15 is 0 Å². The monoisotopic (exact) mass is 281 g/mol. The van der Waals surface area contributed by atoms with Crippen LogP contribution >= 0.6 is 0 Å². The molecule has 1 heterocycles. The summed E-state index contributed by atoms with van der Waals surface area (Å²) in [7, 11) is 0. The van der Waals surface area contributed by atoms with E-state index in [4.69, 9.17) is 4.74 Å². The Bertz CT molecular complexity index is 586. The third kappa shape index (κ3) is 3.52. The van der Waals surface area contributed by atoms with Crippen molar-refractivity contribution in [2.45, 2.75) is 32.4 Å². The fourth-order valence-corrected chi connectivity index (χ4v) is 2.96. The standard InChI is InChI=1S/C19H23NO/c1-14-8-9-15(2)18(10-14)19-12-20-17(13-21-19)11-16-6-4-3-5-7-16/h3-10,17,19-20H,11-13H2,1-2H3. The molecular weight excluding hydrogens is 258 g/mol. The molecule has 0 amide bonds. The Labute approximate surface area is 127 Å². The minimum Gasteiger partial charge on any atom is -0.371 e. The Morgan fingerprint density at radius 3 is 2.62 bits per heavy atom. The fraction of sp³-hybridized carbons (Fsp3) is 0.368. The van der Waals surface area contributed by atoms with Crippen molar-refractivity contribution in [3.8, 4) is 0 Å². The van der Waals surface area contributed by atoms with E-state index in [2.05, 4.69) is 67.7 Å². The summed E-state index contributed by atoms with van der Waals surface area (Å²) in [5.41, 5.74) is 5.30. The van der Waals surface area contributed by atoms with Gasteiger partial charge in [0, 0.05) is 12.6 Å². The van der Waals surface area contributed by atoms with Crippen LogP contribution in [-0.2, 0) is 11.2 Å². The first-order valence-electron chi connectivity index (χ1n) is 7.68. The van der Waals surface area contributed by atoms with E-state index < -0.39 is 0 Å². The zero-order valence-electron chi connectivity index (χ0n) is 12.8. The zero-order valence-corrected chi connectivity index (χ0v) is 12.8. The predicted octanol–water partition coefficient (Wildman–Crippen LogP) is 3.58. The molecule has 0 bridgehead atoms. The first-order valence-corrected chi connectivity index (χ1v) is 7.68. The molecule has 1 fully saturated rings. The topological polar surface area (TPSA) is 21.3 Å². The van der Waals surface area contributed by atoms with Crippen LogP contribution in [0.3, 0.4) is 0 Å². The van der Waals surface area contributed by atoms with Crippen molar-refractivity contribution >= 4 is 0 Å². The SMILES string of the molecule is Cc1ccc(C)c(C2CNC(Cc3ccccc3)CO2)c1. The molecule has 3 rings (SSSR count). The Kier molecular flexibility index (Phi) is 4.37. The second-order valence-electron chi connectivity index (χ2n) is 5.98. The van der Waals surface area contributed by atoms with Gasteiger partial charge in [-0.25, -0.2) is 0 Å². The lowest BCUT2D eigenvalue weighted by Crippen LogP contribution is -2.44. The smallest absolute Gasteiger partial charge is 0.0952 e. The van der Waals surface area contributed by atoms with Gasteiger partial charge in [0.15, 0.2) is 0 Å². The lowest BCUT2D eigenvalue weighted by Gasteiger charge is -2.31. The van der Waals surface area contributed by atoms with Crippen molar-refractivity contribution in [3.63, 3.8) is 0 Å². The third-order valence-electron chi connectivity index (χ3n) is 4.20. The molecule has 110 valence electrons. The van der Waals surface area contributed by atoms with Gasteiger partial charge in [-0.05, 0) is 37.0 Å². The molecular formula is C19H23NO. The Morgan fingerprint density at radius 1 is 1.10 bits per heavy atom. The number of morpholine rings is 1. The van der Waals surface area contributed by atoms with Gasteiger partial charge in [-0.1, -0.05) is 54.1 Å². The quantitative estimate of drug-likeness (QED) is 0.928. The lowest BCUT2D eigenvalue weighted by molar-refractivity contribution is 0.00271. The molecule has 2 aromatic rings. The van der Waals surface area contributed by atoms with Crippen molar-refractivity contribution < 1.29 is 4.74 Å². The van der Waals surface area contributed by atoms with Gasteiger partial charge in [0.1, 0.15) is 0 Å². The van der Waals surface area contributed by atoms with Gasteiger partial charge in [-0.2, -0.15) is 0 Å². The van der Waals surface area contributed by atoms with Crippen LogP contribution in [0.1, 0.15) is 28.4 Å². The first kappa shape index (κ1) is 14.3. The fourth-order valence-electron chi connectivity index (χ4n) is 2.96. The van der Waals surface area contributed by atoms with Crippen LogP contribution in [0.2, 0.25) is 0 Å². The van der Waals surface area contributed by atoms with Crippen LogP contribution in [0.25, 0.3) is 0 Å². The summed E-state index contributed by atoms with van der Waals surface area (Å²) in [5, 5.41) is 3.64. The molecule has 0 aliphatic carbocycles. The normalized spacial score (nSPS) is 22.2. The molecule has 2 aromatic carbocycles. The summed E-state index contributed by atoms with van der Waals surface area (Å²) in [5.74, 6) is 0. The minimum absolute atomic E-state index is 0.178. The first-order chi connectivity index (χ1) is 10.2. The van der Waals surface area contributed by atoms with Crippen molar-refractivity contribution in [1.82, 2.24) is 5.32 Å². The highest BCUT2D eigenvalue weighted by Crippen LogP contribution is 2.25. The molecule has 1 aliphatic heterocycles. The molecule has 0 aromatic heterocycles. The number of aryl methyl sites for hydroxylation is 2. The van der Waals surface area contributed by atoms with Gasteiger partial charge in [0.25, 0.3) is 0 Å². The van der Waals surface area contributed by atoms with E-state index in [-0.39, 0.29) is 6.10 Å². The Morgan fingerprint density at radius 2 is 1.90 bits per heavy atom. The van der Waals surface area contributed by atoms with Gasteiger partial charge in [0.05, 0.1) is 12.7 Å². The van der Waals surface area contributed by atoms with Crippen molar-refractivity contribution in [2.24, 2.45) is 0 Å². The largest absolute Gasteiger partial charge is 0.371 e. The molecule has 2 heteroatoms. The van der Waals surface area contributed by atoms with Crippen molar-refractivity contribution in [3.05, 3.63) is 70.8 Å². The third-order valence-corrected chi connectivity index (χ3v) is 4.20. The van der Waals surface area contributed by atoms with Crippen molar-refractivity contribution in [1.29, 1.82) is 0 Å². The highest BCUT2D eigenvalue weighted by Gasteiger charge is 2.23. The Hall–Kier alpha value is -1.64. The Balaban J connectivity index is 1.61. The van der Waals surface area contributed by atoms with E-state index in [0.29, 0.717) is 6.04 Å². The zero-order chi connectivity index (χ0) is 14.7. The average molecular weight is 281 g/mol. The summed E-state index contributed by atoms with van der Waals surface area (Å²) >= 11 is 0. The maximum atomic E-state index is 6.12. The number of hydrogen-bond donors (Lipinski definition) is 1. The molecule has 1 aliphatic rings. The van der Waals surface area contributed by atoms with Crippen LogP contribution < -0.4 is 5.32 Å². The highest BCUT2D eigenvalue weighted by molar-refractivity contribution is 5.32. The van der Waals surface area contributed by atoms with Crippen LogP contribution in [-0.4, -0.2) is 19.2 Å². The summed E-state index contributed by atoms with van der Waals surface area (Å²) in [6.45, 7) is 5.96. The summed E-state index contributed by atoms with van der Waals surface area (Å²) < 4.78 is 6.12. The predicted molar refractivity (Wildman–Crippen MR) is 86.5 cm³/mol. The number of rotatable bonds is 3. The number of ether oxygens (including phenoxy) is 1. The summed E-state index contributed by atoms with van der Waals surface area (Å²) in [4.78, 5) is 0. The van der Waals surface area contributed by atoms with Crippen LogP contribution in [0.15, 0.2) is 48.5 Å². The van der Waals surface area contributed by atoms with E-state index in [1.165, 1.54) is 22.3 Å². The molecule has 21 heavy (non-hydrogen) atoms. The molecule has 2 nitrogen and oxygen atoms in total. The average Bonchev–Trinajstić information content (AvgIpc) is 2.52. The van der Waals surface area contributed by atoms with Gasteiger partial charge in [0.2, 0.25) is 0 Å². The minimum atomic E-state index is 0.178. The highest BCUT2D eigenvalue weighted by atomic mass is 16.5. The maximum Gasteiger partial charge on any atom is 0.0952 e. The molecule has 0 spiro atoms. The molecule has 2 unspecified atom stereocenters. The van der Waals surface area contributed by atoms with Gasteiger partial charge < -0.3 is 10.1 Å². The number of nitrogens with one attached hydrogen (secondary N) is 1. The number of hydrogen-bond acceptors (Lipinski definition) is 2.